The van der Waals surface area contributed by atoms with Crippen LogP contribution in [0.15, 0.2) is 17.5 Å². The Morgan fingerprint density at radius 1 is 1.41 bits per heavy atom. The average molecular weight is 269 g/mol. The first-order valence-electron chi connectivity index (χ1n) is 6.65. The van der Waals surface area contributed by atoms with Crippen LogP contribution in [-0.2, 0) is 0 Å². The SMILES string of the molecule is CCC(NC1CCC(SC)CC1)c1cccs1. The maximum Gasteiger partial charge on any atom is 0.0414 e. The van der Waals surface area contributed by atoms with Gasteiger partial charge in [0.15, 0.2) is 0 Å². The lowest BCUT2D eigenvalue weighted by atomic mass is 9.94. The predicted octanol–water partition coefficient (Wildman–Crippen LogP) is 4.46. The Balaban J connectivity index is 1.84. The molecule has 1 N–H and O–H groups in total. The zero-order chi connectivity index (χ0) is 12.1. The van der Waals surface area contributed by atoms with E-state index < -0.39 is 0 Å². The molecule has 1 atom stereocenters. The quantitative estimate of drug-likeness (QED) is 0.847. The molecule has 0 radical (unpaired) electrons. The zero-order valence-corrected chi connectivity index (χ0v) is 12.4. The number of hydrogen-bond acceptors (Lipinski definition) is 3. The summed E-state index contributed by atoms with van der Waals surface area (Å²) in [5, 5.41) is 6.95. The van der Waals surface area contributed by atoms with Crippen LogP contribution in [0.25, 0.3) is 0 Å². The van der Waals surface area contributed by atoms with E-state index in [9.17, 15) is 0 Å². The summed E-state index contributed by atoms with van der Waals surface area (Å²) >= 11 is 3.93. The first-order chi connectivity index (χ1) is 8.33. The van der Waals surface area contributed by atoms with Crippen LogP contribution in [0.4, 0.5) is 0 Å². The predicted molar refractivity (Wildman–Crippen MR) is 80.0 cm³/mol. The van der Waals surface area contributed by atoms with E-state index in [1.807, 2.05) is 23.1 Å². The minimum absolute atomic E-state index is 0.575. The standard InChI is InChI=1S/C14H23NS2/c1-3-13(14-5-4-10-17-14)15-11-6-8-12(16-2)9-7-11/h4-5,10-13,15H,3,6-9H2,1-2H3. The van der Waals surface area contributed by atoms with Crippen LogP contribution in [0.5, 0.6) is 0 Å². The van der Waals surface area contributed by atoms with Crippen LogP contribution < -0.4 is 5.32 Å². The number of thioether (sulfide) groups is 1. The fourth-order valence-electron chi connectivity index (χ4n) is 2.64. The van der Waals surface area contributed by atoms with E-state index in [1.165, 1.54) is 37.0 Å². The van der Waals surface area contributed by atoms with E-state index in [-0.39, 0.29) is 0 Å². The second-order valence-corrected chi connectivity index (χ2v) is 6.97. The topological polar surface area (TPSA) is 12.0 Å². The molecular weight excluding hydrogens is 246 g/mol. The zero-order valence-electron chi connectivity index (χ0n) is 10.8. The number of hydrogen-bond donors (Lipinski definition) is 1. The Kier molecular flexibility index (Phi) is 5.39. The highest BCUT2D eigenvalue weighted by Crippen LogP contribution is 2.29. The van der Waals surface area contributed by atoms with Gasteiger partial charge in [0.05, 0.1) is 0 Å². The van der Waals surface area contributed by atoms with Crippen molar-refractivity contribution in [1.82, 2.24) is 5.32 Å². The van der Waals surface area contributed by atoms with Gasteiger partial charge in [0.1, 0.15) is 0 Å². The molecule has 0 spiro atoms. The molecule has 0 amide bonds. The first-order valence-corrected chi connectivity index (χ1v) is 8.82. The van der Waals surface area contributed by atoms with Crippen LogP contribution in [0, 0.1) is 0 Å². The Morgan fingerprint density at radius 3 is 2.71 bits per heavy atom. The second-order valence-electron chi connectivity index (χ2n) is 4.85. The molecule has 1 heterocycles. The third kappa shape index (κ3) is 3.73. The summed E-state index contributed by atoms with van der Waals surface area (Å²) in [7, 11) is 0. The van der Waals surface area contributed by atoms with Crippen molar-refractivity contribution in [3.63, 3.8) is 0 Å². The van der Waals surface area contributed by atoms with E-state index in [0.29, 0.717) is 6.04 Å². The monoisotopic (exact) mass is 269 g/mol. The lowest BCUT2D eigenvalue weighted by Crippen LogP contribution is -2.36. The maximum atomic E-state index is 3.85. The molecule has 1 nitrogen and oxygen atoms in total. The summed E-state index contributed by atoms with van der Waals surface area (Å²) < 4.78 is 0. The van der Waals surface area contributed by atoms with E-state index >= 15 is 0 Å². The van der Waals surface area contributed by atoms with Crippen molar-refractivity contribution >= 4 is 23.1 Å². The van der Waals surface area contributed by atoms with E-state index in [2.05, 4.69) is 36.0 Å². The molecule has 2 rings (SSSR count). The van der Waals surface area contributed by atoms with Crippen LogP contribution in [0.2, 0.25) is 0 Å². The van der Waals surface area contributed by atoms with E-state index in [1.54, 1.807) is 0 Å². The molecule has 1 aromatic heterocycles. The highest BCUT2D eigenvalue weighted by Gasteiger charge is 2.22. The molecule has 17 heavy (non-hydrogen) atoms. The van der Waals surface area contributed by atoms with Gasteiger partial charge in [-0.1, -0.05) is 13.0 Å². The number of thiophene rings is 1. The van der Waals surface area contributed by atoms with Gasteiger partial charge in [0, 0.05) is 22.2 Å². The van der Waals surface area contributed by atoms with Crippen molar-refractivity contribution in [2.75, 3.05) is 6.26 Å². The van der Waals surface area contributed by atoms with Gasteiger partial charge in [0.25, 0.3) is 0 Å². The molecule has 1 aliphatic carbocycles. The number of nitrogens with one attached hydrogen (secondary N) is 1. The molecule has 1 aromatic rings. The van der Waals surface area contributed by atoms with Gasteiger partial charge < -0.3 is 5.32 Å². The van der Waals surface area contributed by atoms with Crippen molar-refractivity contribution in [2.24, 2.45) is 0 Å². The van der Waals surface area contributed by atoms with Gasteiger partial charge in [-0.2, -0.15) is 11.8 Å². The molecular formula is C14H23NS2. The molecule has 1 aliphatic rings. The van der Waals surface area contributed by atoms with Crippen molar-refractivity contribution in [2.45, 2.75) is 56.4 Å². The summed E-state index contributed by atoms with van der Waals surface area (Å²) in [4.78, 5) is 1.50. The van der Waals surface area contributed by atoms with Crippen LogP contribution in [0.3, 0.4) is 0 Å². The van der Waals surface area contributed by atoms with Gasteiger partial charge >= 0.3 is 0 Å². The van der Waals surface area contributed by atoms with E-state index in [0.717, 1.165) is 11.3 Å². The normalized spacial score (nSPS) is 26.9. The molecule has 3 heteroatoms. The Bertz CT molecular complexity index is 302. The molecule has 1 fully saturated rings. The van der Waals surface area contributed by atoms with Gasteiger partial charge in [-0.05, 0) is 49.8 Å². The summed E-state index contributed by atoms with van der Waals surface area (Å²) in [5.74, 6) is 0. The molecule has 96 valence electrons. The Morgan fingerprint density at radius 2 is 2.18 bits per heavy atom. The summed E-state index contributed by atoms with van der Waals surface area (Å²) in [5.41, 5.74) is 0. The minimum atomic E-state index is 0.575. The molecule has 0 saturated heterocycles. The highest BCUT2D eigenvalue weighted by atomic mass is 32.2. The first kappa shape index (κ1) is 13.4. The van der Waals surface area contributed by atoms with Gasteiger partial charge in [-0.3, -0.25) is 0 Å². The number of rotatable bonds is 5. The lowest BCUT2D eigenvalue weighted by molar-refractivity contribution is 0.341. The Labute approximate surface area is 113 Å². The summed E-state index contributed by atoms with van der Waals surface area (Å²) in [6.45, 7) is 2.28. The van der Waals surface area contributed by atoms with Crippen molar-refractivity contribution < 1.29 is 0 Å². The lowest BCUT2D eigenvalue weighted by Gasteiger charge is -2.31. The molecule has 0 bridgehead atoms. The second kappa shape index (κ2) is 6.81. The molecule has 1 saturated carbocycles. The third-order valence-electron chi connectivity index (χ3n) is 3.74. The molecule has 0 aliphatic heterocycles. The van der Waals surface area contributed by atoms with Crippen LogP contribution in [-0.4, -0.2) is 17.5 Å². The highest BCUT2D eigenvalue weighted by molar-refractivity contribution is 7.99. The van der Waals surface area contributed by atoms with Gasteiger partial charge in [0.2, 0.25) is 0 Å². The fourth-order valence-corrected chi connectivity index (χ4v) is 4.25. The van der Waals surface area contributed by atoms with Crippen LogP contribution >= 0.6 is 23.1 Å². The van der Waals surface area contributed by atoms with Crippen molar-refractivity contribution in [3.8, 4) is 0 Å². The largest absolute Gasteiger partial charge is 0.306 e. The summed E-state index contributed by atoms with van der Waals surface area (Å²) in [6, 6.07) is 5.74. The van der Waals surface area contributed by atoms with E-state index in [4.69, 9.17) is 0 Å². The summed E-state index contributed by atoms with van der Waals surface area (Å²) in [6.07, 6.45) is 8.93. The average Bonchev–Trinajstić information content (AvgIpc) is 2.90. The minimum Gasteiger partial charge on any atom is -0.306 e. The van der Waals surface area contributed by atoms with Crippen molar-refractivity contribution in [1.29, 1.82) is 0 Å². The Hall–Kier alpha value is 0.01000. The fraction of sp³-hybridized carbons (Fsp3) is 0.714. The van der Waals surface area contributed by atoms with Crippen LogP contribution in [0.1, 0.15) is 49.9 Å². The smallest absolute Gasteiger partial charge is 0.0414 e. The molecule has 1 unspecified atom stereocenters. The maximum absolute atomic E-state index is 3.85. The molecule has 0 aromatic carbocycles. The third-order valence-corrected chi connectivity index (χ3v) is 5.86. The van der Waals surface area contributed by atoms with Gasteiger partial charge in [-0.25, -0.2) is 0 Å². The van der Waals surface area contributed by atoms with Crippen molar-refractivity contribution in [3.05, 3.63) is 22.4 Å². The van der Waals surface area contributed by atoms with Gasteiger partial charge in [-0.15, -0.1) is 11.3 Å².